The van der Waals surface area contributed by atoms with Gasteiger partial charge in [0, 0.05) is 25.2 Å². The van der Waals surface area contributed by atoms with Gasteiger partial charge in [-0.3, -0.25) is 19.3 Å². The third kappa shape index (κ3) is 6.51. The first kappa shape index (κ1) is 30.5. The number of β-lactam (4-membered cyclic amide) rings is 1. The van der Waals surface area contributed by atoms with Gasteiger partial charge in [0.1, 0.15) is 23.7 Å². The zero-order chi connectivity index (χ0) is 31.4. The van der Waals surface area contributed by atoms with Crippen LogP contribution in [0.5, 0.6) is 11.5 Å². The zero-order valence-electron chi connectivity index (χ0n) is 23.8. The summed E-state index contributed by atoms with van der Waals surface area (Å²) in [6.45, 7) is 2.01. The summed E-state index contributed by atoms with van der Waals surface area (Å²) in [5, 5.41) is -0.462. The van der Waals surface area contributed by atoms with E-state index in [0.29, 0.717) is 5.57 Å². The third-order valence-electron chi connectivity index (χ3n) is 6.78. The predicted molar refractivity (Wildman–Crippen MR) is 158 cm³/mol. The molecule has 0 saturated carbocycles. The molecule has 3 aromatic carbocycles. The van der Waals surface area contributed by atoms with Crippen molar-refractivity contribution in [3.63, 3.8) is 0 Å². The Labute approximate surface area is 256 Å². The van der Waals surface area contributed by atoms with Gasteiger partial charge >= 0.3 is 23.9 Å². The molecule has 3 aromatic rings. The molecule has 0 aliphatic carbocycles. The molecule has 226 valence electrons. The van der Waals surface area contributed by atoms with E-state index < -0.39 is 47.3 Å². The number of nitrogens with two attached hydrogens (primary N) is 1. The second kappa shape index (κ2) is 13.1. The summed E-state index contributed by atoms with van der Waals surface area (Å²) in [7, 11) is 0. The molecule has 11 nitrogen and oxygen atoms in total. The van der Waals surface area contributed by atoms with Crippen molar-refractivity contribution in [2.45, 2.75) is 31.4 Å². The number of ether oxygens (including phenoxy) is 4. The number of esters is 4. The average Bonchev–Trinajstić information content (AvgIpc) is 3.02. The maximum absolute atomic E-state index is 13.8. The fraction of sp³-hybridized carbons (Fsp3) is 0.219. The van der Waals surface area contributed by atoms with Crippen LogP contribution in [0.4, 0.5) is 0 Å². The van der Waals surface area contributed by atoms with Gasteiger partial charge in [-0.25, -0.2) is 9.59 Å². The summed E-state index contributed by atoms with van der Waals surface area (Å²) in [4.78, 5) is 64.0. The van der Waals surface area contributed by atoms with Crippen molar-refractivity contribution in [2.24, 2.45) is 5.73 Å². The molecule has 2 atom stereocenters. The molecule has 2 N–H and O–H groups in total. The van der Waals surface area contributed by atoms with Crippen molar-refractivity contribution in [2.75, 3.05) is 12.4 Å². The van der Waals surface area contributed by atoms with E-state index >= 15 is 0 Å². The Morgan fingerprint density at radius 3 is 2.05 bits per heavy atom. The molecule has 2 aliphatic rings. The van der Waals surface area contributed by atoms with Crippen LogP contribution < -0.4 is 15.2 Å². The summed E-state index contributed by atoms with van der Waals surface area (Å²) in [5.41, 5.74) is 7.82. The standard InChI is InChI=1S/C32H28N2O9S/c1-18(35)41-24-14-13-22(15-25(24)42-19(2)36)31(38)40-16-23-17-44-30-26(33)29(37)34(30)27(23)32(39)43-28(20-9-5-3-6-10-20)21-11-7-4-8-12-21/h3-15,26,28,30H,16-17,33H2,1-2H3/t26-,30-/m1/s1. The summed E-state index contributed by atoms with van der Waals surface area (Å²) in [6.07, 6.45) is -0.769. The van der Waals surface area contributed by atoms with Gasteiger partial charge in [-0.15, -0.1) is 11.8 Å². The smallest absolute Gasteiger partial charge is 0.356 e. The van der Waals surface area contributed by atoms with E-state index in [1.54, 1.807) is 0 Å². The Balaban J connectivity index is 1.42. The normalized spacial score (nSPS) is 17.4. The number of carbonyl (C=O) groups excluding carboxylic acids is 5. The lowest BCUT2D eigenvalue weighted by atomic mass is 10.0. The number of benzene rings is 3. The molecule has 12 heteroatoms. The van der Waals surface area contributed by atoms with Crippen LogP contribution in [0, 0.1) is 0 Å². The molecule has 0 aromatic heterocycles. The molecule has 2 heterocycles. The lowest BCUT2D eigenvalue weighted by molar-refractivity contribution is -0.153. The number of amides is 1. The highest BCUT2D eigenvalue weighted by Gasteiger charge is 2.52. The van der Waals surface area contributed by atoms with Crippen molar-refractivity contribution in [1.29, 1.82) is 0 Å². The Hall–Kier alpha value is -4.94. The number of carbonyl (C=O) groups is 5. The highest BCUT2D eigenvalue weighted by atomic mass is 32.2. The Morgan fingerprint density at radius 1 is 0.864 bits per heavy atom. The van der Waals surface area contributed by atoms with Crippen molar-refractivity contribution in [1.82, 2.24) is 4.90 Å². The molecule has 1 fully saturated rings. The van der Waals surface area contributed by atoms with Gasteiger partial charge in [-0.2, -0.15) is 0 Å². The van der Waals surface area contributed by atoms with Crippen LogP contribution in [-0.4, -0.2) is 58.5 Å². The molecule has 0 bridgehead atoms. The number of rotatable bonds is 9. The fourth-order valence-corrected chi connectivity index (χ4v) is 6.05. The quantitative estimate of drug-likeness (QED) is 0.214. The van der Waals surface area contributed by atoms with Crippen LogP contribution in [0.25, 0.3) is 0 Å². The third-order valence-corrected chi connectivity index (χ3v) is 8.14. The SMILES string of the molecule is CC(=O)Oc1ccc(C(=O)OCC2=C(C(=O)OC(c3ccccc3)c3ccccc3)N3C(=O)[C@@H](N)[C@H]3SC2)cc1OC(C)=O. The number of hydrogen-bond donors (Lipinski definition) is 1. The van der Waals surface area contributed by atoms with Crippen molar-refractivity contribution < 1.29 is 42.9 Å². The number of nitrogens with zero attached hydrogens (tertiary/aromatic N) is 1. The lowest BCUT2D eigenvalue weighted by Gasteiger charge is -2.48. The van der Waals surface area contributed by atoms with Crippen LogP contribution >= 0.6 is 11.8 Å². The first-order chi connectivity index (χ1) is 21.1. The number of fused-ring (bicyclic) bond motifs is 1. The van der Waals surface area contributed by atoms with E-state index in [1.807, 2.05) is 60.7 Å². The Morgan fingerprint density at radius 2 is 1.45 bits per heavy atom. The zero-order valence-corrected chi connectivity index (χ0v) is 24.6. The van der Waals surface area contributed by atoms with Crippen molar-refractivity contribution >= 4 is 41.5 Å². The van der Waals surface area contributed by atoms with Crippen LogP contribution in [-0.2, 0) is 28.7 Å². The molecule has 1 saturated heterocycles. The molecule has 44 heavy (non-hydrogen) atoms. The van der Waals surface area contributed by atoms with Gasteiger partial charge in [0.25, 0.3) is 0 Å². The van der Waals surface area contributed by atoms with Gasteiger partial charge < -0.3 is 24.7 Å². The first-order valence-corrected chi connectivity index (χ1v) is 14.6. The van der Waals surface area contributed by atoms with E-state index in [4.69, 9.17) is 24.7 Å². The molecular weight excluding hydrogens is 588 g/mol. The molecule has 0 spiro atoms. The Bertz CT molecular complexity index is 1600. The van der Waals surface area contributed by atoms with Crippen LogP contribution in [0.1, 0.15) is 41.4 Å². The van der Waals surface area contributed by atoms with Crippen molar-refractivity contribution in [3.8, 4) is 11.5 Å². The Kier molecular flexibility index (Phi) is 9.12. The fourth-order valence-electron chi connectivity index (χ4n) is 4.77. The molecule has 1 amide bonds. The number of hydrogen-bond acceptors (Lipinski definition) is 11. The monoisotopic (exact) mass is 616 g/mol. The summed E-state index contributed by atoms with van der Waals surface area (Å²) in [6, 6.07) is 21.5. The molecule has 2 aliphatic heterocycles. The first-order valence-electron chi connectivity index (χ1n) is 13.5. The van der Waals surface area contributed by atoms with Gasteiger partial charge in [-0.1, -0.05) is 60.7 Å². The summed E-state index contributed by atoms with van der Waals surface area (Å²) >= 11 is 1.35. The molecule has 0 unspecified atom stereocenters. The lowest BCUT2D eigenvalue weighted by Crippen LogP contribution is -2.68. The average molecular weight is 617 g/mol. The van der Waals surface area contributed by atoms with Crippen LogP contribution in [0.3, 0.4) is 0 Å². The summed E-state index contributed by atoms with van der Waals surface area (Å²) in [5.74, 6) is -3.28. The van der Waals surface area contributed by atoms with Gasteiger partial charge in [0.05, 0.1) is 5.56 Å². The van der Waals surface area contributed by atoms with E-state index in [9.17, 15) is 24.0 Å². The van der Waals surface area contributed by atoms with E-state index in [2.05, 4.69) is 0 Å². The maximum Gasteiger partial charge on any atom is 0.356 e. The van der Waals surface area contributed by atoms with E-state index in [1.165, 1.54) is 41.8 Å². The van der Waals surface area contributed by atoms with E-state index in [0.717, 1.165) is 18.1 Å². The molecular formula is C32H28N2O9S. The van der Waals surface area contributed by atoms with Crippen LogP contribution in [0.2, 0.25) is 0 Å². The largest absolute Gasteiger partial charge is 0.457 e. The van der Waals surface area contributed by atoms with E-state index in [-0.39, 0.29) is 35.1 Å². The van der Waals surface area contributed by atoms with Gasteiger partial charge in [0.2, 0.25) is 5.91 Å². The minimum Gasteiger partial charge on any atom is -0.457 e. The molecule has 5 rings (SSSR count). The van der Waals surface area contributed by atoms with Gasteiger partial charge in [0.15, 0.2) is 17.6 Å². The maximum atomic E-state index is 13.8. The van der Waals surface area contributed by atoms with Gasteiger partial charge in [-0.05, 0) is 29.3 Å². The topological polar surface area (TPSA) is 152 Å². The van der Waals surface area contributed by atoms with Crippen LogP contribution in [0.15, 0.2) is 90.1 Å². The minimum atomic E-state index is -0.807. The van der Waals surface area contributed by atoms with Crippen molar-refractivity contribution in [3.05, 3.63) is 107 Å². The predicted octanol–water partition coefficient (Wildman–Crippen LogP) is 3.52. The second-order valence-electron chi connectivity index (χ2n) is 9.92. The highest BCUT2D eigenvalue weighted by molar-refractivity contribution is 8.00. The number of thioether (sulfide) groups is 1. The minimum absolute atomic E-state index is 0.00140. The second-order valence-corrected chi connectivity index (χ2v) is 11.0. The molecule has 0 radical (unpaired) electrons. The highest BCUT2D eigenvalue weighted by Crippen LogP contribution is 2.41. The summed E-state index contributed by atoms with van der Waals surface area (Å²) < 4.78 is 21.7.